The van der Waals surface area contributed by atoms with E-state index in [1.54, 1.807) is 11.2 Å². The SMILES string of the molecule is Cc1cn(Cc2cccc(NC(=O)C3CN(C(=O)OC(C)(C)C)CCN3)c2)cn1. The van der Waals surface area contributed by atoms with E-state index >= 15 is 0 Å². The molecule has 1 unspecified atom stereocenters. The summed E-state index contributed by atoms with van der Waals surface area (Å²) in [5.74, 6) is -0.172. The molecule has 8 heteroatoms. The maximum Gasteiger partial charge on any atom is 0.410 e. The van der Waals surface area contributed by atoms with Crippen LogP contribution in [0.2, 0.25) is 0 Å². The third-order valence-electron chi connectivity index (χ3n) is 4.47. The molecule has 1 atom stereocenters. The van der Waals surface area contributed by atoms with Crippen molar-refractivity contribution in [2.45, 2.75) is 45.9 Å². The highest BCUT2D eigenvalue weighted by Crippen LogP contribution is 2.15. The molecule has 0 radical (unpaired) electrons. The van der Waals surface area contributed by atoms with Gasteiger partial charge in [-0.3, -0.25) is 4.79 Å². The van der Waals surface area contributed by atoms with Crippen molar-refractivity contribution in [2.24, 2.45) is 0 Å². The lowest BCUT2D eigenvalue weighted by atomic mass is 10.1. The summed E-state index contributed by atoms with van der Waals surface area (Å²) in [5.41, 5.74) is 2.19. The Labute approximate surface area is 171 Å². The summed E-state index contributed by atoms with van der Waals surface area (Å²) in [6, 6.07) is 7.23. The Kier molecular flexibility index (Phi) is 6.22. The Morgan fingerprint density at radius 2 is 2.14 bits per heavy atom. The van der Waals surface area contributed by atoms with Crippen molar-refractivity contribution in [3.63, 3.8) is 0 Å². The lowest BCUT2D eigenvalue weighted by Crippen LogP contribution is -2.57. The predicted molar refractivity (Wildman–Crippen MR) is 111 cm³/mol. The number of carbonyl (C=O) groups excluding carboxylic acids is 2. The molecule has 1 aliphatic rings. The molecular formula is C21H29N5O3. The van der Waals surface area contributed by atoms with Crippen molar-refractivity contribution >= 4 is 17.7 Å². The average molecular weight is 399 g/mol. The first-order chi connectivity index (χ1) is 13.7. The fourth-order valence-electron chi connectivity index (χ4n) is 3.16. The molecular weight excluding hydrogens is 370 g/mol. The number of benzene rings is 1. The molecule has 2 aromatic rings. The molecule has 2 N–H and O–H groups in total. The molecule has 8 nitrogen and oxygen atoms in total. The van der Waals surface area contributed by atoms with Crippen LogP contribution in [0.25, 0.3) is 0 Å². The number of rotatable bonds is 4. The Morgan fingerprint density at radius 3 is 2.83 bits per heavy atom. The average Bonchev–Trinajstić information content (AvgIpc) is 3.05. The molecule has 2 heterocycles. The van der Waals surface area contributed by atoms with E-state index in [-0.39, 0.29) is 12.5 Å². The van der Waals surface area contributed by atoms with Crippen LogP contribution in [0.3, 0.4) is 0 Å². The minimum Gasteiger partial charge on any atom is -0.444 e. The lowest BCUT2D eigenvalue weighted by Gasteiger charge is -2.34. The van der Waals surface area contributed by atoms with Crippen molar-refractivity contribution in [1.29, 1.82) is 0 Å². The quantitative estimate of drug-likeness (QED) is 0.824. The first-order valence-corrected chi connectivity index (χ1v) is 9.79. The van der Waals surface area contributed by atoms with Crippen molar-refractivity contribution in [3.8, 4) is 0 Å². The van der Waals surface area contributed by atoms with Gasteiger partial charge in [-0.2, -0.15) is 0 Å². The fraction of sp³-hybridized carbons (Fsp3) is 0.476. The van der Waals surface area contributed by atoms with Gasteiger partial charge in [-0.1, -0.05) is 12.1 Å². The van der Waals surface area contributed by atoms with Gasteiger partial charge in [0.05, 0.1) is 12.0 Å². The summed E-state index contributed by atoms with van der Waals surface area (Å²) in [6.07, 6.45) is 3.37. The number of carbonyl (C=O) groups is 2. The number of aryl methyl sites for hydroxylation is 1. The third kappa shape index (κ3) is 6.05. The van der Waals surface area contributed by atoms with Gasteiger partial charge in [-0.25, -0.2) is 9.78 Å². The Hall–Kier alpha value is -2.87. The van der Waals surface area contributed by atoms with Crippen molar-refractivity contribution in [1.82, 2.24) is 19.8 Å². The zero-order chi connectivity index (χ0) is 21.0. The molecule has 0 aliphatic carbocycles. The smallest absolute Gasteiger partial charge is 0.410 e. The van der Waals surface area contributed by atoms with Crippen LogP contribution in [0, 0.1) is 6.92 Å². The summed E-state index contributed by atoms with van der Waals surface area (Å²) in [5, 5.41) is 6.12. The highest BCUT2D eigenvalue weighted by Gasteiger charge is 2.30. The molecule has 2 amide bonds. The number of piperazine rings is 1. The van der Waals surface area contributed by atoms with Gasteiger partial charge in [-0.05, 0) is 45.4 Å². The first kappa shape index (κ1) is 20.9. The molecule has 3 rings (SSSR count). The van der Waals surface area contributed by atoms with E-state index in [2.05, 4.69) is 15.6 Å². The van der Waals surface area contributed by atoms with E-state index in [4.69, 9.17) is 4.74 Å². The number of imidazole rings is 1. The number of amides is 2. The van der Waals surface area contributed by atoms with Gasteiger partial charge in [0.2, 0.25) is 5.91 Å². The molecule has 1 aliphatic heterocycles. The van der Waals surface area contributed by atoms with E-state index in [9.17, 15) is 9.59 Å². The van der Waals surface area contributed by atoms with Crippen LogP contribution in [0.4, 0.5) is 10.5 Å². The molecule has 1 aromatic heterocycles. The van der Waals surface area contributed by atoms with Gasteiger partial charge in [-0.15, -0.1) is 0 Å². The number of anilines is 1. The highest BCUT2D eigenvalue weighted by molar-refractivity contribution is 5.95. The Bertz CT molecular complexity index is 871. The van der Waals surface area contributed by atoms with E-state index in [1.807, 2.05) is 62.7 Å². The zero-order valence-electron chi connectivity index (χ0n) is 17.4. The summed E-state index contributed by atoms with van der Waals surface area (Å²) in [6.45, 7) is 9.44. The zero-order valence-corrected chi connectivity index (χ0v) is 17.4. The van der Waals surface area contributed by atoms with Gasteiger partial charge < -0.3 is 24.8 Å². The normalized spacial score (nSPS) is 17.1. The minimum absolute atomic E-state index is 0.172. The second-order valence-corrected chi connectivity index (χ2v) is 8.31. The molecule has 1 saturated heterocycles. The van der Waals surface area contributed by atoms with Crippen LogP contribution in [0.5, 0.6) is 0 Å². The third-order valence-corrected chi connectivity index (χ3v) is 4.47. The van der Waals surface area contributed by atoms with Crippen LogP contribution in [-0.4, -0.2) is 57.7 Å². The van der Waals surface area contributed by atoms with E-state index in [1.165, 1.54) is 0 Å². The van der Waals surface area contributed by atoms with Crippen LogP contribution in [0.15, 0.2) is 36.8 Å². The molecule has 0 saturated carbocycles. The number of nitrogens with zero attached hydrogens (tertiary/aromatic N) is 3. The summed E-state index contributed by atoms with van der Waals surface area (Å²) in [4.78, 5) is 30.8. The van der Waals surface area contributed by atoms with Gasteiger partial charge >= 0.3 is 6.09 Å². The lowest BCUT2D eigenvalue weighted by molar-refractivity contribution is -0.119. The first-order valence-electron chi connectivity index (χ1n) is 9.79. The van der Waals surface area contributed by atoms with Gasteiger partial charge in [0, 0.05) is 38.1 Å². The maximum atomic E-state index is 12.7. The summed E-state index contributed by atoms with van der Waals surface area (Å²) >= 11 is 0. The number of hydrogen-bond acceptors (Lipinski definition) is 5. The molecule has 0 spiro atoms. The van der Waals surface area contributed by atoms with E-state index in [0.29, 0.717) is 19.6 Å². The van der Waals surface area contributed by atoms with Crippen LogP contribution >= 0.6 is 0 Å². The van der Waals surface area contributed by atoms with Gasteiger partial charge in [0.1, 0.15) is 11.6 Å². The van der Waals surface area contributed by atoms with E-state index < -0.39 is 17.7 Å². The van der Waals surface area contributed by atoms with Gasteiger partial charge in [0.25, 0.3) is 0 Å². The van der Waals surface area contributed by atoms with Crippen LogP contribution < -0.4 is 10.6 Å². The Balaban J connectivity index is 1.59. The summed E-state index contributed by atoms with van der Waals surface area (Å²) in [7, 11) is 0. The monoisotopic (exact) mass is 399 g/mol. The van der Waals surface area contributed by atoms with Gasteiger partial charge in [0.15, 0.2) is 0 Å². The fourth-order valence-corrected chi connectivity index (χ4v) is 3.16. The molecule has 29 heavy (non-hydrogen) atoms. The number of hydrogen-bond donors (Lipinski definition) is 2. The molecule has 1 aromatic carbocycles. The molecule has 0 bridgehead atoms. The van der Waals surface area contributed by atoms with Crippen LogP contribution in [0.1, 0.15) is 32.0 Å². The second kappa shape index (κ2) is 8.65. The molecule has 156 valence electrons. The highest BCUT2D eigenvalue weighted by atomic mass is 16.6. The second-order valence-electron chi connectivity index (χ2n) is 8.31. The van der Waals surface area contributed by atoms with E-state index in [0.717, 1.165) is 16.9 Å². The maximum absolute atomic E-state index is 12.7. The topological polar surface area (TPSA) is 88.5 Å². The minimum atomic E-state index is -0.562. The standard InChI is InChI=1S/C21H29N5O3/c1-15-11-25(14-23-15)12-16-6-5-7-17(10-16)24-19(27)18-13-26(9-8-22-18)20(28)29-21(2,3)4/h5-7,10-11,14,18,22H,8-9,12-13H2,1-4H3,(H,24,27). The predicted octanol–water partition coefficient (Wildman–Crippen LogP) is 2.39. The van der Waals surface area contributed by atoms with Crippen LogP contribution in [-0.2, 0) is 16.1 Å². The number of ether oxygens (including phenoxy) is 1. The molecule has 1 fully saturated rings. The Morgan fingerprint density at radius 1 is 1.34 bits per heavy atom. The van der Waals surface area contributed by atoms with Crippen molar-refractivity contribution in [2.75, 3.05) is 25.0 Å². The largest absolute Gasteiger partial charge is 0.444 e. The number of nitrogens with one attached hydrogen (secondary N) is 2. The summed E-state index contributed by atoms with van der Waals surface area (Å²) < 4.78 is 7.42. The number of aromatic nitrogens is 2. The van der Waals surface area contributed by atoms with Crippen molar-refractivity contribution in [3.05, 3.63) is 48.0 Å². The van der Waals surface area contributed by atoms with Crippen molar-refractivity contribution < 1.29 is 14.3 Å².